The molecule has 1 spiro atoms. The quantitative estimate of drug-likeness (QED) is 0.722. The summed E-state index contributed by atoms with van der Waals surface area (Å²) in [6.07, 6.45) is 5.82. The number of fused-ring (bicyclic) bond motifs is 1. The molecule has 4 rings (SSSR count). The normalized spacial score (nSPS) is 19.0. The van der Waals surface area contributed by atoms with Crippen LogP contribution < -0.4 is 0 Å². The van der Waals surface area contributed by atoms with Gasteiger partial charge in [-0.15, -0.1) is 47.9 Å². The van der Waals surface area contributed by atoms with Gasteiger partial charge in [-0.25, -0.2) is 0 Å². The average Bonchev–Trinajstić information content (AvgIpc) is 3.04. The van der Waals surface area contributed by atoms with Crippen molar-refractivity contribution in [2.45, 2.75) is 34.6 Å². The van der Waals surface area contributed by atoms with Gasteiger partial charge in [0.2, 0.25) is 0 Å². The monoisotopic (exact) mass is 416 g/mol. The number of thiophene rings is 1. The molecule has 0 N–H and O–H groups in total. The van der Waals surface area contributed by atoms with Gasteiger partial charge in [0, 0.05) is 41.6 Å². The Kier molecular flexibility index (Phi) is 7.35. The summed E-state index contributed by atoms with van der Waals surface area (Å²) in [5.74, 6) is 0.349. The summed E-state index contributed by atoms with van der Waals surface area (Å²) < 4.78 is 1.39. The number of pyridine rings is 1. The molecular weight excluding hydrogens is 395 g/mol. The third-order valence-electron chi connectivity index (χ3n) is 4.90. The molecule has 2 aliphatic heterocycles. The van der Waals surface area contributed by atoms with Gasteiger partial charge in [0.25, 0.3) is 0 Å². The van der Waals surface area contributed by atoms with Crippen LogP contribution in [-0.4, -0.2) is 40.0 Å². The molecule has 0 aliphatic carbocycles. The first-order valence-electron chi connectivity index (χ1n) is 8.16. The predicted octanol–water partition coefficient (Wildman–Crippen LogP) is 4.74. The molecule has 0 unspecified atom stereocenters. The van der Waals surface area contributed by atoms with Gasteiger partial charge in [0.1, 0.15) is 0 Å². The minimum Gasteiger partial charge on any atom is -0.303 e. The Labute approximate surface area is 169 Å². The summed E-state index contributed by atoms with van der Waals surface area (Å²) in [6, 6.07) is 8.10. The third-order valence-corrected chi connectivity index (χ3v) is 7.54. The van der Waals surface area contributed by atoms with Crippen molar-refractivity contribution in [2.75, 3.05) is 19.6 Å². The summed E-state index contributed by atoms with van der Waals surface area (Å²) in [5.41, 5.74) is 2.13. The molecule has 4 heterocycles. The Morgan fingerprint density at radius 3 is 2.68 bits per heavy atom. The van der Waals surface area contributed by atoms with Crippen LogP contribution in [0.5, 0.6) is 0 Å². The van der Waals surface area contributed by atoms with Gasteiger partial charge in [-0.2, -0.15) is 0 Å². The van der Waals surface area contributed by atoms with Crippen LogP contribution in [0.2, 0.25) is 0 Å². The first kappa shape index (κ1) is 20.7. The minimum absolute atomic E-state index is 0. The highest BCUT2D eigenvalue weighted by molar-refractivity contribution is 8.02. The average molecular weight is 417 g/mol. The second-order valence-electron chi connectivity index (χ2n) is 6.42. The second-order valence-corrected chi connectivity index (χ2v) is 9.07. The molecule has 0 radical (unpaired) electrons. The van der Waals surface area contributed by atoms with Gasteiger partial charge >= 0.3 is 0 Å². The fraction of sp³-hybridized carbons (Fsp3) is 0.444. The number of halogens is 2. The highest BCUT2D eigenvalue weighted by Crippen LogP contribution is 2.50. The van der Waals surface area contributed by atoms with Crippen molar-refractivity contribution < 1.29 is 4.79 Å². The van der Waals surface area contributed by atoms with Gasteiger partial charge in [-0.05, 0) is 49.5 Å². The van der Waals surface area contributed by atoms with Gasteiger partial charge < -0.3 is 4.90 Å². The summed E-state index contributed by atoms with van der Waals surface area (Å²) in [7, 11) is 0. The van der Waals surface area contributed by atoms with E-state index in [9.17, 15) is 4.79 Å². The number of Topliss-reactive ketones (excluding diaryl/α,β-unsaturated/α-hetero) is 1. The number of carbonyl (C=O) groups is 1. The molecular formula is C18H22Cl2N2OS2. The molecule has 1 saturated heterocycles. The maximum atomic E-state index is 12.4. The summed E-state index contributed by atoms with van der Waals surface area (Å²) in [5, 5.41) is 2.05. The summed E-state index contributed by atoms with van der Waals surface area (Å²) >= 11 is 3.69. The molecule has 0 atom stereocenters. The molecule has 1 fully saturated rings. The van der Waals surface area contributed by atoms with E-state index in [1.165, 1.54) is 9.90 Å². The lowest BCUT2D eigenvalue weighted by atomic mass is 9.88. The first-order valence-corrected chi connectivity index (χ1v) is 9.86. The van der Waals surface area contributed by atoms with Gasteiger partial charge in [-0.3, -0.25) is 9.78 Å². The highest BCUT2D eigenvalue weighted by Gasteiger charge is 2.42. The zero-order valence-corrected chi connectivity index (χ0v) is 17.1. The van der Waals surface area contributed by atoms with E-state index >= 15 is 0 Å². The van der Waals surface area contributed by atoms with Crippen LogP contribution in [0.3, 0.4) is 0 Å². The van der Waals surface area contributed by atoms with Crippen molar-refractivity contribution in [3.8, 4) is 0 Å². The van der Waals surface area contributed by atoms with Crippen molar-refractivity contribution in [1.82, 2.24) is 9.88 Å². The number of piperidine rings is 1. The zero-order chi connectivity index (χ0) is 15.7. The number of nitrogens with zero attached hydrogens (tertiary/aromatic N) is 2. The number of carbonyl (C=O) groups excluding carboxylic acids is 1. The number of rotatable bonds is 3. The Hall–Kier alpha value is -0.590. The molecule has 2 aromatic heterocycles. The van der Waals surface area contributed by atoms with Crippen molar-refractivity contribution in [3.63, 3.8) is 0 Å². The number of hydrogen-bond acceptors (Lipinski definition) is 5. The largest absolute Gasteiger partial charge is 0.303 e. The molecule has 136 valence electrons. The van der Waals surface area contributed by atoms with E-state index in [1.807, 2.05) is 30.1 Å². The lowest BCUT2D eigenvalue weighted by Gasteiger charge is -2.42. The van der Waals surface area contributed by atoms with E-state index in [0.29, 0.717) is 5.78 Å². The van der Waals surface area contributed by atoms with Gasteiger partial charge in [0.05, 0.1) is 4.21 Å². The fourth-order valence-corrected chi connectivity index (χ4v) is 6.28. The fourth-order valence-electron chi connectivity index (χ4n) is 3.48. The van der Waals surface area contributed by atoms with E-state index in [1.54, 1.807) is 11.3 Å². The van der Waals surface area contributed by atoms with Crippen LogP contribution in [-0.2, 0) is 6.42 Å². The molecule has 0 amide bonds. The Morgan fingerprint density at radius 1 is 1.16 bits per heavy atom. The Morgan fingerprint density at radius 2 is 1.96 bits per heavy atom. The molecule has 2 aromatic rings. The van der Waals surface area contributed by atoms with Crippen LogP contribution in [0.25, 0.3) is 0 Å². The molecule has 7 heteroatoms. The van der Waals surface area contributed by atoms with Crippen molar-refractivity contribution in [3.05, 3.63) is 47.1 Å². The van der Waals surface area contributed by atoms with E-state index < -0.39 is 0 Å². The number of thioether (sulfide) groups is 1. The number of hydrogen-bond donors (Lipinski definition) is 0. The van der Waals surface area contributed by atoms with Crippen LogP contribution in [0.1, 0.15) is 35.3 Å². The second kappa shape index (κ2) is 8.87. The maximum Gasteiger partial charge on any atom is 0.166 e. The van der Waals surface area contributed by atoms with Crippen LogP contribution >= 0.6 is 47.9 Å². The highest BCUT2D eigenvalue weighted by atomic mass is 35.5. The van der Waals surface area contributed by atoms with E-state index in [0.717, 1.165) is 50.9 Å². The SMILES string of the molecule is Cl.Cl.O=C1CC2(CCN(CCc3ccccn3)CC2)Sc2sccc21. The van der Waals surface area contributed by atoms with Gasteiger partial charge in [0.15, 0.2) is 5.78 Å². The van der Waals surface area contributed by atoms with Crippen molar-refractivity contribution in [2.24, 2.45) is 0 Å². The van der Waals surface area contributed by atoms with Crippen LogP contribution in [0.15, 0.2) is 40.1 Å². The van der Waals surface area contributed by atoms with Crippen LogP contribution in [0, 0.1) is 0 Å². The standard InChI is InChI=1S/C18H20N2OS2.2ClH/c21-16-13-18(23-17-15(16)5-12-22-17)6-10-20(11-7-18)9-4-14-3-1-2-8-19-14;;/h1-3,5,8,12H,4,6-7,9-11,13H2;2*1H. The lowest BCUT2D eigenvalue weighted by molar-refractivity contribution is 0.0939. The molecule has 3 nitrogen and oxygen atoms in total. The lowest BCUT2D eigenvalue weighted by Crippen LogP contribution is -2.45. The number of likely N-dealkylation sites (tertiary alicyclic amines) is 1. The third kappa shape index (κ3) is 4.58. The number of ketones is 1. The van der Waals surface area contributed by atoms with E-state index in [2.05, 4.69) is 27.4 Å². The smallest absolute Gasteiger partial charge is 0.166 e. The summed E-state index contributed by atoms with van der Waals surface area (Å²) in [4.78, 5) is 19.3. The van der Waals surface area contributed by atoms with Gasteiger partial charge in [-0.1, -0.05) is 6.07 Å². The maximum absolute atomic E-state index is 12.4. The van der Waals surface area contributed by atoms with Crippen molar-refractivity contribution in [1.29, 1.82) is 0 Å². The number of aromatic nitrogens is 1. The molecule has 2 aliphatic rings. The van der Waals surface area contributed by atoms with E-state index in [-0.39, 0.29) is 29.6 Å². The molecule has 25 heavy (non-hydrogen) atoms. The molecule has 0 bridgehead atoms. The Balaban J connectivity index is 0.00000113. The van der Waals surface area contributed by atoms with E-state index in [4.69, 9.17) is 0 Å². The predicted molar refractivity (Wildman–Crippen MR) is 110 cm³/mol. The molecule has 0 saturated carbocycles. The first-order chi connectivity index (χ1) is 11.2. The molecule has 0 aromatic carbocycles. The minimum atomic E-state index is 0. The summed E-state index contributed by atoms with van der Waals surface area (Å²) in [6.45, 7) is 3.25. The topological polar surface area (TPSA) is 33.2 Å². The van der Waals surface area contributed by atoms with Crippen molar-refractivity contribution >= 4 is 53.7 Å². The van der Waals surface area contributed by atoms with Crippen LogP contribution in [0.4, 0.5) is 0 Å². The zero-order valence-electron chi connectivity index (χ0n) is 13.8. The Bertz CT molecular complexity index is 700.